The smallest absolute Gasteiger partial charge is 0.0626 e. The summed E-state index contributed by atoms with van der Waals surface area (Å²) in [5.41, 5.74) is 17.4. The van der Waals surface area contributed by atoms with Gasteiger partial charge in [-0.25, -0.2) is 0 Å². The van der Waals surface area contributed by atoms with Crippen molar-refractivity contribution in [2.24, 2.45) is 0 Å². The molecule has 0 aliphatic heterocycles. The average molecular weight is 999 g/mol. The number of anilines is 12. The van der Waals surface area contributed by atoms with Gasteiger partial charge in [-0.05, 0) is 144 Å². The minimum Gasteiger partial charge on any atom is -0.311 e. The lowest BCUT2D eigenvalue weighted by atomic mass is 9.86. The normalized spacial score (nSPS) is 11.1. The van der Waals surface area contributed by atoms with Gasteiger partial charge in [-0.15, -0.1) is 0 Å². The second kappa shape index (κ2) is 21.4. The van der Waals surface area contributed by atoms with Gasteiger partial charge in [-0.1, -0.05) is 206 Å². The largest absolute Gasteiger partial charge is 0.311 e. The summed E-state index contributed by atoms with van der Waals surface area (Å²) < 4.78 is 0. The van der Waals surface area contributed by atoms with Gasteiger partial charge in [0, 0.05) is 78.4 Å². The highest BCUT2D eigenvalue weighted by molar-refractivity contribution is 6.29. The third-order valence-corrected chi connectivity index (χ3v) is 14.6. The van der Waals surface area contributed by atoms with E-state index in [0.717, 1.165) is 112 Å². The van der Waals surface area contributed by atoms with E-state index in [4.69, 9.17) is 0 Å². The summed E-state index contributed by atoms with van der Waals surface area (Å²) in [6, 6.07) is 118. The fraction of sp³-hybridized carbons (Fsp3) is 0. The van der Waals surface area contributed by atoms with Crippen molar-refractivity contribution in [1.29, 1.82) is 0 Å². The molecule has 0 heterocycles. The first kappa shape index (κ1) is 47.3. The van der Waals surface area contributed by atoms with Crippen LogP contribution >= 0.6 is 0 Å². The van der Waals surface area contributed by atoms with Crippen LogP contribution in [-0.4, -0.2) is 0 Å². The van der Waals surface area contributed by atoms with Crippen molar-refractivity contribution >= 4 is 89.8 Å². The minimum atomic E-state index is 1.06. The van der Waals surface area contributed by atoms with Gasteiger partial charge in [-0.2, -0.15) is 0 Å². The lowest BCUT2D eigenvalue weighted by molar-refractivity contribution is 1.28. The number of fused-ring (bicyclic) bond motifs is 2. The quantitative estimate of drug-likeness (QED) is 0.0795. The average Bonchev–Trinajstić information content (AvgIpc) is 3.71. The Labute approximate surface area is 456 Å². The highest BCUT2D eigenvalue weighted by atomic mass is 15.2. The molecule has 0 fully saturated rings. The highest BCUT2D eigenvalue weighted by Crippen LogP contribution is 2.56. The molecule has 0 spiro atoms. The van der Waals surface area contributed by atoms with Gasteiger partial charge in [0.25, 0.3) is 0 Å². The van der Waals surface area contributed by atoms with Gasteiger partial charge in [0.2, 0.25) is 0 Å². The maximum absolute atomic E-state index is 2.47. The second-order valence-electron chi connectivity index (χ2n) is 19.3. The van der Waals surface area contributed by atoms with Crippen molar-refractivity contribution in [3.8, 4) is 22.3 Å². The summed E-state index contributed by atoms with van der Waals surface area (Å²) >= 11 is 0. The molecular formula is C74H54N4. The van der Waals surface area contributed by atoms with E-state index in [2.05, 4.69) is 347 Å². The van der Waals surface area contributed by atoms with E-state index >= 15 is 0 Å². The van der Waals surface area contributed by atoms with Crippen LogP contribution in [-0.2, 0) is 0 Å². The van der Waals surface area contributed by atoms with E-state index < -0.39 is 0 Å². The van der Waals surface area contributed by atoms with Gasteiger partial charge in [0.05, 0.1) is 11.4 Å². The molecule has 0 amide bonds. The van der Waals surface area contributed by atoms with Crippen molar-refractivity contribution in [1.82, 2.24) is 0 Å². The second-order valence-corrected chi connectivity index (χ2v) is 19.3. The van der Waals surface area contributed by atoms with Crippen molar-refractivity contribution in [3.63, 3.8) is 0 Å². The molecule has 13 aromatic carbocycles. The highest BCUT2D eigenvalue weighted by Gasteiger charge is 2.29. The zero-order valence-electron chi connectivity index (χ0n) is 43.0. The number of hydrogen-bond acceptors (Lipinski definition) is 4. The van der Waals surface area contributed by atoms with E-state index in [1.165, 1.54) is 0 Å². The van der Waals surface area contributed by atoms with Crippen molar-refractivity contribution in [2.75, 3.05) is 19.6 Å². The van der Waals surface area contributed by atoms with Crippen LogP contribution in [0.2, 0.25) is 0 Å². The lowest BCUT2D eigenvalue weighted by Crippen LogP contribution is -2.15. The summed E-state index contributed by atoms with van der Waals surface area (Å²) in [6.45, 7) is 0. The molecule has 0 radical (unpaired) electrons. The number of hydrogen-bond donors (Lipinski definition) is 0. The summed E-state index contributed by atoms with van der Waals surface area (Å²) in [5, 5.41) is 4.49. The molecule has 4 heteroatoms. The van der Waals surface area contributed by atoms with Gasteiger partial charge < -0.3 is 19.6 Å². The zero-order valence-corrected chi connectivity index (χ0v) is 43.0. The topological polar surface area (TPSA) is 13.0 Å². The van der Waals surface area contributed by atoms with Gasteiger partial charge >= 0.3 is 0 Å². The number of nitrogens with zero attached hydrogens (tertiary/aromatic N) is 4. The molecule has 370 valence electrons. The van der Waals surface area contributed by atoms with E-state index in [9.17, 15) is 0 Å². The Morgan fingerprint density at radius 3 is 0.577 bits per heavy atom. The summed E-state index contributed by atoms with van der Waals surface area (Å²) in [7, 11) is 0. The molecule has 0 aliphatic rings. The van der Waals surface area contributed by atoms with Crippen molar-refractivity contribution in [2.45, 2.75) is 0 Å². The first-order valence-corrected chi connectivity index (χ1v) is 26.6. The molecule has 13 rings (SSSR count). The van der Waals surface area contributed by atoms with E-state index in [1.54, 1.807) is 0 Å². The maximum Gasteiger partial charge on any atom is 0.0626 e. The van der Waals surface area contributed by atoms with Crippen LogP contribution in [0.1, 0.15) is 0 Å². The van der Waals surface area contributed by atoms with Crippen LogP contribution in [0.4, 0.5) is 68.2 Å². The number of para-hydroxylation sites is 8. The van der Waals surface area contributed by atoms with Crippen LogP contribution in [0.5, 0.6) is 0 Å². The van der Waals surface area contributed by atoms with E-state index in [0.29, 0.717) is 0 Å². The third kappa shape index (κ3) is 9.08. The van der Waals surface area contributed by atoms with E-state index in [-0.39, 0.29) is 0 Å². The monoisotopic (exact) mass is 998 g/mol. The van der Waals surface area contributed by atoms with Crippen LogP contribution < -0.4 is 19.6 Å². The molecule has 78 heavy (non-hydrogen) atoms. The fourth-order valence-corrected chi connectivity index (χ4v) is 11.1. The Hall–Kier alpha value is -10.4. The Balaban J connectivity index is 1.15. The van der Waals surface area contributed by atoms with E-state index in [1.807, 2.05) is 0 Å². The van der Waals surface area contributed by atoms with Crippen LogP contribution in [0.25, 0.3) is 43.8 Å². The van der Waals surface area contributed by atoms with Crippen molar-refractivity contribution in [3.05, 3.63) is 328 Å². The zero-order chi connectivity index (χ0) is 52.0. The molecule has 0 unspecified atom stereocenters. The first-order valence-electron chi connectivity index (χ1n) is 26.6. The van der Waals surface area contributed by atoms with Crippen LogP contribution in [0.3, 0.4) is 0 Å². The van der Waals surface area contributed by atoms with Crippen molar-refractivity contribution < 1.29 is 0 Å². The summed E-state index contributed by atoms with van der Waals surface area (Å²) in [6.07, 6.45) is 0. The van der Waals surface area contributed by atoms with Crippen LogP contribution in [0, 0.1) is 0 Å². The first-order chi connectivity index (χ1) is 38.8. The molecule has 13 aromatic rings. The Morgan fingerprint density at radius 1 is 0.154 bits per heavy atom. The molecule has 0 saturated heterocycles. The third-order valence-electron chi connectivity index (χ3n) is 14.6. The standard InChI is InChI=1S/C74H54N4/c1-9-27-57(28-10-1)75(58-29-11-2-12-30-58)65-49-45-55(46-50-65)67-53-54-68(56-47-51-66(52-48-56)76(59-31-13-3-14-32-59)60-33-15-4-16-34-60)72-71(67)73(77(61-35-17-5-18-36-61)62-37-19-6-20-38-62)69-43-25-26-44-70(69)74(72)78(63-39-21-7-22-40-63)64-41-23-8-24-42-64/h1-54H. The molecule has 0 aliphatic carbocycles. The molecule has 4 nitrogen and oxygen atoms in total. The molecule has 0 N–H and O–H groups in total. The SMILES string of the molecule is c1ccc(N(c2ccccc2)c2ccc(-c3ccc(-c4ccc(N(c5ccccc5)c5ccccc5)cc4)c4c(N(c5ccccc5)c5ccccc5)c5ccccc5c(N(c5ccccc5)c5ccccc5)c34)cc2)cc1. The molecule has 0 aromatic heterocycles. The number of rotatable bonds is 14. The lowest BCUT2D eigenvalue weighted by Gasteiger charge is -2.34. The van der Waals surface area contributed by atoms with Gasteiger partial charge in [0.1, 0.15) is 0 Å². The number of benzene rings is 13. The minimum absolute atomic E-state index is 1.06. The fourth-order valence-electron chi connectivity index (χ4n) is 11.1. The van der Waals surface area contributed by atoms with Crippen LogP contribution in [0.15, 0.2) is 328 Å². The maximum atomic E-state index is 2.47. The van der Waals surface area contributed by atoms with Gasteiger partial charge in [0.15, 0.2) is 0 Å². The Bertz CT molecular complexity index is 3660. The Kier molecular flexibility index (Phi) is 13.0. The molecule has 0 atom stereocenters. The molecule has 0 bridgehead atoms. The molecule has 0 saturated carbocycles. The Morgan fingerprint density at radius 2 is 0.346 bits per heavy atom. The summed E-state index contributed by atoms with van der Waals surface area (Å²) in [4.78, 5) is 9.59. The van der Waals surface area contributed by atoms with Gasteiger partial charge in [-0.3, -0.25) is 0 Å². The molecular weight excluding hydrogens is 945 g/mol. The predicted octanol–water partition coefficient (Wildman–Crippen LogP) is 21.2. The summed E-state index contributed by atoms with van der Waals surface area (Å²) in [5.74, 6) is 0. The predicted molar refractivity (Wildman–Crippen MR) is 331 cm³/mol.